The number of nitro groups is 1. The molecule has 6 nitrogen and oxygen atoms in total. The molecule has 1 aromatic carbocycles. The fourth-order valence-corrected chi connectivity index (χ4v) is 1.88. The third kappa shape index (κ3) is 2.34. The molecule has 7 heteroatoms. The molecule has 1 fully saturated rings. The number of phenols is 1. The molecule has 1 heterocycles. The van der Waals surface area contributed by atoms with E-state index in [1.807, 2.05) is 0 Å². The molecule has 0 unspecified atom stereocenters. The lowest BCUT2D eigenvalue weighted by Gasteiger charge is -2.25. The molecule has 1 aliphatic heterocycles. The second-order valence-corrected chi connectivity index (χ2v) is 3.83. The zero-order chi connectivity index (χ0) is 12.4. The van der Waals surface area contributed by atoms with Crippen molar-refractivity contribution < 1.29 is 14.4 Å². The van der Waals surface area contributed by atoms with E-state index in [1.165, 1.54) is 0 Å². The summed E-state index contributed by atoms with van der Waals surface area (Å²) in [6, 6.07) is 1.51. The molecule has 0 spiro atoms. The molecule has 0 radical (unpaired) electrons. The average Bonchev–Trinajstić information content (AvgIpc) is 2.32. The fourth-order valence-electron chi connectivity index (χ4n) is 1.88. The summed E-state index contributed by atoms with van der Waals surface area (Å²) in [6.07, 6.45) is 0. The molecule has 0 aromatic heterocycles. The Labute approximate surface area is 96.6 Å². The molecule has 3 N–H and O–H groups in total. The Bertz CT molecular complexity index is 447. The molecule has 1 saturated heterocycles. The number of hydrogen-bond donors (Lipinski definition) is 3. The van der Waals surface area contributed by atoms with Crippen LogP contribution in [0, 0.1) is 15.9 Å². The molecule has 17 heavy (non-hydrogen) atoms. The highest BCUT2D eigenvalue weighted by molar-refractivity contribution is 5.52. The monoisotopic (exact) mass is 241 g/mol. The van der Waals surface area contributed by atoms with Crippen LogP contribution >= 0.6 is 0 Å². The van der Waals surface area contributed by atoms with Crippen LogP contribution in [0.25, 0.3) is 0 Å². The largest absolute Gasteiger partial charge is 0.502 e. The van der Waals surface area contributed by atoms with Crippen molar-refractivity contribution in [2.45, 2.75) is 6.04 Å². The summed E-state index contributed by atoms with van der Waals surface area (Å²) in [5, 5.41) is 26.5. The Hall–Kier alpha value is -1.73. The molecule has 1 aromatic rings. The molecule has 92 valence electrons. The van der Waals surface area contributed by atoms with Crippen molar-refractivity contribution in [1.82, 2.24) is 10.6 Å². The molecular formula is C10H12FN3O3. The van der Waals surface area contributed by atoms with Gasteiger partial charge < -0.3 is 15.7 Å². The zero-order valence-corrected chi connectivity index (χ0v) is 8.94. The summed E-state index contributed by atoms with van der Waals surface area (Å²) in [6.45, 7) is 1.93. The molecule has 1 atom stereocenters. The van der Waals surface area contributed by atoms with E-state index in [9.17, 15) is 19.6 Å². The Balaban J connectivity index is 2.41. The highest BCUT2D eigenvalue weighted by Crippen LogP contribution is 2.34. The lowest BCUT2D eigenvalue weighted by molar-refractivity contribution is -0.386. The Morgan fingerprint density at radius 2 is 2.24 bits per heavy atom. The second kappa shape index (κ2) is 4.64. The number of phenolic OH excluding ortho intramolecular Hbond substituents is 1. The van der Waals surface area contributed by atoms with Gasteiger partial charge in [0.2, 0.25) is 0 Å². The van der Waals surface area contributed by atoms with Gasteiger partial charge >= 0.3 is 5.69 Å². The molecule has 0 amide bonds. The van der Waals surface area contributed by atoms with E-state index in [4.69, 9.17) is 0 Å². The van der Waals surface area contributed by atoms with Gasteiger partial charge in [-0.05, 0) is 6.07 Å². The molecular weight excluding hydrogens is 229 g/mol. The van der Waals surface area contributed by atoms with Gasteiger partial charge in [-0.2, -0.15) is 0 Å². The standard InChI is InChI=1S/C10H12FN3O3/c11-6-3-7(8-5-12-1-2-13-8)10(15)9(4-6)14(16)17/h3-4,8,12-13,15H,1-2,5H2/t8-/m1/s1. The van der Waals surface area contributed by atoms with Crippen LogP contribution in [0.3, 0.4) is 0 Å². The van der Waals surface area contributed by atoms with Gasteiger partial charge in [0.25, 0.3) is 0 Å². The zero-order valence-electron chi connectivity index (χ0n) is 8.94. The quantitative estimate of drug-likeness (QED) is 0.523. The van der Waals surface area contributed by atoms with Crippen molar-refractivity contribution in [2.24, 2.45) is 0 Å². The van der Waals surface area contributed by atoms with Crippen LogP contribution in [-0.4, -0.2) is 29.7 Å². The molecule has 0 saturated carbocycles. The number of aromatic hydroxyl groups is 1. The van der Waals surface area contributed by atoms with Gasteiger partial charge in [-0.25, -0.2) is 4.39 Å². The highest BCUT2D eigenvalue weighted by atomic mass is 19.1. The van der Waals surface area contributed by atoms with Crippen LogP contribution < -0.4 is 10.6 Å². The molecule has 2 rings (SSSR count). The van der Waals surface area contributed by atoms with E-state index in [1.54, 1.807) is 0 Å². The average molecular weight is 241 g/mol. The number of nitrogens with zero attached hydrogens (tertiary/aromatic N) is 1. The van der Waals surface area contributed by atoms with Gasteiger partial charge in [0.1, 0.15) is 5.82 Å². The number of rotatable bonds is 2. The van der Waals surface area contributed by atoms with Crippen molar-refractivity contribution in [3.63, 3.8) is 0 Å². The summed E-state index contributed by atoms with van der Waals surface area (Å²) < 4.78 is 13.3. The van der Waals surface area contributed by atoms with Gasteiger partial charge in [0.05, 0.1) is 11.0 Å². The molecule has 0 bridgehead atoms. The van der Waals surface area contributed by atoms with Crippen LogP contribution in [-0.2, 0) is 0 Å². The highest BCUT2D eigenvalue weighted by Gasteiger charge is 2.25. The third-order valence-electron chi connectivity index (χ3n) is 2.70. The number of benzene rings is 1. The maximum Gasteiger partial charge on any atom is 0.313 e. The molecule has 0 aliphatic carbocycles. The normalized spacial score (nSPS) is 20.2. The fraction of sp³-hybridized carbons (Fsp3) is 0.400. The minimum Gasteiger partial charge on any atom is -0.502 e. The minimum atomic E-state index is -0.793. The first-order valence-electron chi connectivity index (χ1n) is 5.20. The first-order chi connectivity index (χ1) is 8.09. The SMILES string of the molecule is O=[N+]([O-])c1cc(F)cc([C@H]2CNCCN2)c1O. The number of hydrogen-bond acceptors (Lipinski definition) is 5. The van der Waals surface area contributed by atoms with Crippen LogP contribution in [0.1, 0.15) is 11.6 Å². The summed E-state index contributed by atoms with van der Waals surface area (Å²) >= 11 is 0. The number of nitrogens with one attached hydrogen (secondary N) is 2. The summed E-state index contributed by atoms with van der Waals surface area (Å²) in [5.74, 6) is -1.20. The van der Waals surface area contributed by atoms with Gasteiger partial charge in [-0.1, -0.05) is 0 Å². The van der Waals surface area contributed by atoms with E-state index in [0.717, 1.165) is 18.7 Å². The molecule has 1 aliphatic rings. The first kappa shape index (κ1) is 11.7. The summed E-state index contributed by atoms with van der Waals surface area (Å²) in [7, 11) is 0. The van der Waals surface area contributed by atoms with E-state index in [-0.39, 0.29) is 11.6 Å². The number of nitro benzene ring substituents is 1. The Kier molecular flexibility index (Phi) is 3.21. The maximum absolute atomic E-state index is 13.3. The lowest BCUT2D eigenvalue weighted by atomic mass is 10.0. The van der Waals surface area contributed by atoms with Crippen molar-refractivity contribution >= 4 is 5.69 Å². The van der Waals surface area contributed by atoms with Crippen LogP contribution in [0.4, 0.5) is 10.1 Å². The summed E-state index contributed by atoms with van der Waals surface area (Å²) in [5.41, 5.74) is -0.392. The maximum atomic E-state index is 13.3. The third-order valence-corrected chi connectivity index (χ3v) is 2.70. The van der Waals surface area contributed by atoms with Gasteiger partial charge in [-0.15, -0.1) is 0 Å². The smallest absolute Gasteiger partial charge is 0.313 e. The topological polar surface area (TPSA) is 87.4 Å². The van der Waals surface area contributed by atoms with Crippen LogP contribution in [0.2, 0.25) is 0 Å². The number of halogens is 1. The Morgan fingerprint density at radius 1 is 1.47 bits per heavy atom. The van der Waals surface area contributed by atoms with Gasteiger partial charge in [0.15, 0.2) is 5.75 Å². The van der Waals surface area contributed by atoms with E-state index in [0.29, 0.717) is 13.1 Å². The predicted molar refractivity (Wildman–Crippen MR) is 58.3 cm³/mol. The van der Waals surface area contributed by atoms with Gasteiger partial charge in [-0.3, -0.25) is 10.1 Å². The van der Waals surface area contributed by atoms with E-state index < -0.39 is 22.2 Å². The van der Waals surface area contributed by atoms with Crippen molar-refractivity contribution in [2.75, 3.05) is 19.6 Å². The van der Waals surface area contributed by atoms with E-state index in [2.05, 4.69) is 10.6 Å². The van der Waals surface area contributed by atoms with Crippen LogP contribution in [0.5, 0.6) is 5.75 Å². The Morgan fingerprint density at radius 3 is 2.82 bits per heavy atom. The predicted octanol–water partition coefficient (Wildman–Crippen LogP) is 0.673. The number of piperazine rings is 1. The van der Waals surface area contributed by atoms with Gasteiger partial charge in [0, 0.05) is 31.2 Å². The summed E-state index contributed by atoms with van der Waals surface area (Å²) in [4.78, 5) is 9.86. The van der Waals surface area contributed by atoms with Crippen LogP contribution in [0.15, 0.2) is 12.1 Å². The van der Waals surface area contributed by atoms with E-state index >= 15 is 0 Å². The van der Waals surface area contributed by atoms with Crippen molar-refractivity contribution in [3.8, 4) is 5.75 Å². The van der Waals surface area contributed by atoms with Crippen molar-refractivity contribution in [3.05, 3.63) is 33.6 Å². The lowest BCUT2D eigenvalue weighted by Crippen LogP contribution is -2.42. The second-order valence-electron chi connectivity index (χ2n) is 3.83. The van der Waals surface area contributed by atoms with Crippen molar-refractivity contribution in [1.29, 1.82) is 0 Å². The minimum absolute atomic E-state index is 0.212. The first-order valence-corrected chi connectivity index (χ1v) is 5.20.